The molecule has 0 saturated heterocycles. The molecule has 0 fully saturated rings. The molecule has 0 N–H and O–H groups in total. The Morgan fingerprint density at radius 2 is 0.719 bits per heavy atom. The zero-order chi connectivity index (χ0) is 42.6. The lowest BCUT2D eigenvalue weighted by atomic mass is 9.96. The Bertz CT molecular complexity index is 3670. The second-order valence-electron chi connectivity index (χ2n) is 16.2. The third-order valence-electron chi connectivity index (χ3n) is 12.5. The zero-order valence-corrected chi connectivity index (χ0v) is 34.6. The highest BCUT2D eigenvalue weighted by atomic mass is 16.1. The van der Waals surface area contributed by atoms with Crippen molar-refractivity contribution in [2.75, 3.05) is 0 Å². The minimum atomic E-state index is -0.0225. The lowest BCUT2D eigenvalue weighted by Gasteiger charge is -2.10. The third kappa shape index (κ3) is 6.38. The predicted molar refractivity (Wildman–Crippen MR) is 262 cm³/mol. The Labute approximate surface area is 369 Å². The highest BCUT2D eigenvalue weighted by Crippen LogP contribution is 2.41. The van der Waals surface area contributed by atoms with Crippen LogP contribution in [-0.4, -0.2) is 24.9 Å². The van der Waals surface area contributed by atoms with E-state index in [1.54, 1.807) is 12.4 Å². The topological polar surface area (TPSA) is 52.7 Å². The van der Waals surface area contributed by atoms with Gasteiger partial charge >= 0.3 is 0 Å². The molecule has 0 unspecified atom stereocenters. The van der Waals surface area contributed by atoms with E-state index in [2.05, 4.69) is 159 Å². The van der Waals surface area contributed by atoms with Crippen molar-refractivity contribution in [3.63, 3.8) is 0 Å². The molecule has 64 heavy (non-hydrogen) atoms. The summed E-state index contributed by atoms with van der Waals surface area (Å²) in [6.45, 7) is 0. The fourth-order valence-corrected chi connectivity index (χ4v) is 9.23. The van der Waals surface area contributed by atoms with Gasteiger partial charge in [-0.15, -0.1) is 0 Å². The number of nitrogens with zero attached hydrogens (tertiary/aromatic N) is 4. The van der Waals surface area contributed by atoms with E-state index in [-0.39, 0.29) is 5.78 Å². The molecule has 5 heteroatoms. The monoisotopic (exact) mass is 818 g/mol. The molecular formula is C59H38N4O. The summed E-state index contributed by atoms with van der Waals surface area (Å²) in [5.74, 6) is -0.0225. The third-order valence-corrected chi connectivity index (χ3v) is 12.5. The molecule has 5 nitrogen and oxygen atoms in total. The zero-order valence-electron chi connectivity index (χ0n) is 34.6. The molecule has 3 heterocycles. The summed E-state index contributed by atoms with van der Waals surface area (Å²) in [5.41, 5.74) is 16.2. The Balaban J connectivity index is 0.841. The molecule has 12 rings (SSSR count). The van der Waals surface area contributed by atoms with Crippen molar-refractivity contribution in [1.29, 1.82) is 0 Å². The van der Waals surface area contributed by atoms with Crippen molar-refractivity contribution in [2.24, 2.45) is 0 Å². The van der Waals surface area contributed by atoms with Gasteiger partial charge in [0.15, 0.2) is 5.78 Å². The second-order valence-corrected chi connectivity index (χ2v) is 16.2. The molecule has 9 aromatic carbocycles. The van der Waals surface area contributed by atoms with Crippen molar-refractivity contribution in [1.82, 2.24) is 19.1 Å². The van der Waals surface area contributed by atoms with Crippen molar-refractivity contribution >= 4 is 49.4 Å². The summed E-state index contributed by atoms with van der Waals surface area (Å²) < 4.78 is 4.78. The largest absolute Gasteiger partial charge is 0.309 e. The summed E-state index contributed by atoms with van der Waals surface area (Å²) in [7, 11) is 0. The van der Waals surface area contributed by atoms with E-state index in [0.717, 1.165) is 56.1 Å². The summed E-state index contributed by atoms with van der Waals surface area (Å²) in [6, 6.07) is 75.8. The highest BCUT2D eigenvalue weighted by Gasteiger charge is 2.19. The van der Waals surface area contributed by atoms with Crippen molar-refractivity contribution in [3.05, 3.63) is 242 Å². The molecule has 300 valence electrons. The Morgan fingerprint density at radius 1 is 0.312 bits per heavy atom. The summed E-state index contributed by atoms with van der Waals surface area (Å²) in [5, 5.41) is 4.89. The molecule has 3 aromatic heterocycles. The van der Waals surface area contributed by atoms with Crippen LogP contribution in [0.15, 0.2) is 231 Å². The van der Waals surface area contributed by atoms with Gasteiger partial charge in [-0.1, -0.05) is 164 Å². The summed E-state index contributed by atoms with van der Waals surface area (Å²) in [4.78, 5) is 22.8. The van der Waals surface area contributed by atoms with Gasteiger partial charge in [-0.3, -0.25) is 14.8 Å². The van der Waals surface area contributed by atoms with Crippen LogP contribution in [0.3, 0.4) is 0 Å². The Kier molecular flexibility index (Phi) is 8.90. The van der Waals surface area contributed by atoms with E-state index in [4.69, 9.17) is 0 Å². The van der Waals surface area contributed by atoms with Crippen LogP contribution >= 0.6 is 0 Å². The smallest absolute Gasteiger partial charge is 0.193 e. The van der Waals surface area contributed by atoms with E-state index in [9.17, 15) is 4.79 Å². The fourth-order valence-electron chi connectivity index (χ4n) is 9.23. The minimum Gasteiger partial charge on any atom is -0.309 e. The first kappa shape index (κ1) is 37.1. The number of rotatable bonds is 8. The van der Waals surface area contributed by atoms with Gasteiger partial charge in [-0.05, 0) is 76.9 Å². The number of hydrogen-bond donors (Lipinski definition) is 0. The highest BCUT2D eigenvalue weighted by molar-refractivity contribution is 6.19. The van der Waals surface area contributed by atoms with Crippen LogP contribution in [0.5, 0.6) is 0 Å². The van der Waals surface area contributed by atoms with Crippen LogP contribution in [0.25, 0.3) is 99.8 Å². The number of aromatic nitrogens is 4. The van der Waals surface area contributed by atoms with E-state index in [1.165, 1.54) is 43.6 Å². The maximum absolute atomic E-state index is 13.6. The molecule has 0 aliphatic heterocycles. The number of benzene rings is 9. The van der Waals surface area contributed by atoms with E-state index in [1.807, 2.05) is 78.9 Å². The van der Waals surface area contributed by atoms with Crippen LogP contribution in [-0.2, 0) is 0 Å². The summed E-state index contributed by atoms with van der Waals surface area (Å²) in [6.07, 6.45) is 3.56. The molecule has 0 radical (unpaired) electrons. The molecule has 12 aromatic rings. The van der Waals surface area contributed by atoms with Gasteiger partial charge in [0.2, 0.25) is 0 Å². The van der Waals surface area contributed by atoms with Crippen molar-refractivity contribution < 1.29 is 4.79 Å². The van der Waals surface area contributed by atoms with E-state index < -0.39 is 0 Å². The number of carbonyl (C=O) groups excluding carboxylic acids is 1. The first-order valence-corrected chi connectivity index (χ1v) is 21.5. The molecular weight excluding hydrogens is 781 g/mol. The Morgan fingerprint density at radius 3 is 1.28 bits per heavy atom. The second kappa shape index (κ2) is 15.4. The average molecular weight is 819 g/mol. The molecule has 0 atom stereocenters. The maximum atomic E-state index is 13.6. The predicted octanol–water partition coefficient (Wildman–Crippen LogP) is 14.6. The standard InChI is InChI=1S/C59H38N4O/c64-59(45-30-26-43(27-31-45)54-38-60-53(37-61-54)42-12-4-1-5-13-42)44-28-24-40(25-29-44)39-20-22-41(23-21-39)46-32-33-56-50(34-46)52-35-51-49-18-10-11-19-55(49)62(47-14-6-2-7-15-47)57(51)36-58(52)63(56)48-16-8-3-9-17-48/h1-38H. The van der Waals surface area contributed by atoms with Gasteiger partial charge in [-0.25, -0.2) is 0 Å². The van der Waals surface area contributed by atoms with E-state index in [0.29, 0.717) is 11.1 Å². The lowest BCUT2D eigenvalue weighted by Crippen LogP contribution is -2.01. The van der Waals surface area contributed by atoms with Crippen LogP contribution in [0.1, 0.15) is 15.9 Å². The number of carbonyl (C=O) groups is 1. The van der Waals surface area contributed by atoms with Gasteiger partial charge in [0.1, 0.15) is 0 Å². The number of ketones is 1. The summed E-state index contributed by atoms with van der Waals surface area (Å²) >= 11 is 0. The SMILES string of the molecule is O=C(c1ccc(-c2ccc(-c3ccc4c(c3)c3cc5c6ccccc6n(-c6ccccc6)c5cc3n4-c3ccccc3)cc2)cc1)c1ccc(-c2cnc(-c3ccccc3)cn2)cc1. The van der Waals surface area contributed by atoms with Gasteiger partial charge in [0.05, 0.1) is 45.8 Å². The molecule has 0 spiro atoms. The van der Waals surface area contributed by atoms with Crippen LogP contribution < -0.4 is 0 Å². The van der Waals surface area contributed by atoms with Crippen molar-refractivity contribution in [3.8, 4) is 56.1 Å². The van der Waals surface area contributed by atoms with Crippen LogP contribution in [0.4, 0.5) is 0 Å². The first-order valence-electron chi connectivity index (χ1n) is 21.5. The van der Waals surface area contributed by atoms with Crippen LogP contribution in [0.2, 0.25) is 0 Å². The Hall–Kier alpha value is -8.67. The van der Waals surface area contributed by atoms with Gasteiger partial charge in [0, 0.05) is 55.2 Å². The van der Waals surface area contributed by atoms with Gasteiger partial charge < -0.3 is 9.13 Å². The molecule has 0 bridgehead atoms. The molecule has 0 aliphatic rings. The van der Waals surface area contributed by atoms with Gasteiger partial charge in [-0.2, -0.15) is 0 Å². The molecule has 0 saturated carbocycles. The lowest BCUT2D eigenvalue weighted by molar-refractivity contribution is 0.103. The van der Waals surface area contributed by atoms with Gasteiger partial charge in [0.25, 0.3) is 0 Å². The number of hydrogen-bond acceptors (Lipinski definition) is 3. The number of para-hydroxylation sites is 3. The first-order chi connectivity index (χ1) is 31.6. The molecule has 0 aliphatic carbocycles. The van der Waals surface area contributed by atoms with Crippen molar-refractivity contribution in [2.45, 2.75) is 0 Å². The van der Waals surface area contributed by atoms with Crippen LogP contribution in [0, 0.1) is 0 Å². The normalized spacial score (nSPS) is 11.5. The van der Waals surface area contributed by atoms with E-state index >= 15 is 0 Å². The average Bonchev–Trinajstić information content (AvgIpc) is 3.88. The fraction of sp³-hybridized carbons (Fsp3) is 0. The maximum Gasteiger partial charge on any atom is 0.193 e. The molecule has 0 amide bonds. The number of fused-ring (bicyclic) bond motifs is 6. The quantitative estimate of drug-likeness (QED) is 0.144. The minimum absolute atomic E-state index is 0.0225.